The highest BCUT2D eigenvalue weighted by Crippen LogP contribution is 2.48. The van der Waals surface area contributed by atoms with Gasteiger partial charge in [0, 0.05) is 32.2 Å². The third-order valence-corrected chi connectivity index (χ3v) is 7.43. The smallest absolute Gasteiger partial charge is 0.311 e. The lowest BCUT2D eigenvalue weighted by atomic mass is 9.61. The molecule has 0 unspecified atom stereocenters. The molecule has 4 rings (SSSR count). The van der Waals surface area contributed by atoms with E-state index in [4.69, 9.17) is 9.47 Å². The number of hydrogen-bond acceptors (Lipinski definition) is 5. The van der Waals surface area contributed by atoms with Gasteiger partial charge in [0.25, 0.3) is 5.91 Å². The first-order chi connectivity index (χ1) is 14.5. The number of morpholine rings is 1. The molecule has 0 aromatic heterocycles. The molecule has 7 heteroatoms. The first-order valence-electron chi connectivity index (χ1n) is 10.9. The molecule has 1 aliphatic carbocycles. The second-order valence-corrected chi connectivity index (χ2v) is 8.90. The summed E-state index contributed by atoms with van der Waals surface area (Å²) in [5, 5.41) is 10.2. The van der Waals surface area contributed by atoms with Crippen LogP contribution in [0.15, 0.2) is 18.2 Å². The second kappa shape index (κ2) is 8.55. The van der Waals surface area contributed by atoms with Crippen molar-refractivity contribution in [2.24, 2.45) is 11.3 Å². The zero-order chi connectivity index (χ0) is 21.3. The minimum absolute atomic E-state index is 0.0967. The number of aryl methyl sites for hydroxylation is 1. The third kappa shape index (κ3) is 3.69. The number of fused-ring (bicyclic) bond motifs is 1. The highest BCUT2D eigenvalue weighted by atomic mass is 16.5. The van der Waals surface area contributed by atoms with Gasteiger partial charge in [-0.1, -0.05) is 12.1 Å². The van der Waals surface area contributed by atoms with Gasteiger partial charge in [0.1, 0.15) is 5.75 Å². The standard InChI is InChI=1S/C23H32N2O5/c1-16-4-3-5-19(29-2)20(16)21(26)25-9-7-17-14-18(24-10-12-30-13-11-24)6-8-23(17,15-25)22(27)28/h3-5,17-18H,6-15H2,1-2H3,(H,27,28)/t17-,18-,23-/m1/s1. The summed E-state index contributed by atoms with van der Waals surface area (Å²) in [4.78, 5) is 30.1. The molecule has 2 aliphatic heterocycles. The zero-order valence-electron chi connectivity index (χ0n) is 17.9. The van der Waals surface area contributed by atoms with Crippen LogP contribution in [0.3, 0.4) is 0 Å². The van der Waals surface area contributed by atoms with Gasteiger partial charge >= 0.3 is 5.97 Å². The van der Waals surface area contributed by atoms with Gasteiger partial charge in [-0.05, 0) is 50.2 Å². The molecule has 1 saturated carbocycles. The molecular formula is C23H32N2O5. The van der Waals surface area contributed by atoms with Crippen molar-refractivity contribution in [3.8, 4) is 5.75 Å². The van der Waals surface area contributed by atoms with E-state index in [1.807, 2.05) is 19.1 Å². The maximum atomic E-state index is 13.4. The Balaban J connectivity index is 1.54. The fraction of sp³-hybridized carbons (Fsp3) is 0.652. The summed E-state index contributed by atoms with van der Waals surface area (Å²) in [6, 6.07) is 5.96. The number of carbonyl (C=O) groups excluding carboxylic acids is 1. The molecule has 164 valence electrons. The van der Waals surface area contributed by atoms with Gasteiger partial charge in [-0.15, -0.1) is 0 Å². The second-order valence-electron chi connectivity index (χ2n) is 8.90. The van der Waals surface area contributed by atoms with E-state index in [1.165, 1.54) is 0 Å². The van der Waals surface area contributed by atoms with Gasteiger partial charge in [0.15, 0.2) is 0 Å². The van der Waals surface area contributed by atoms with E-state index in [1.54, 1.807) is 18.1 Å². The Morgan fingerprint density at radius 3 is 2.67 bits per heavy atom. The van der Waals surface area contributed by atoms with Gasteiger partial charge in [-0.2, -0.15) is 0 Å². The molecule has 0 spiro atoms. The molecule has 2 heterocycles. The number of hydrogen-bond donors (Lipinski definition) is 1. The van der Waals surface area contributed by atoms with Crippen LogP contribution in [0.4, 0.5) is 0 Å². The molecule has 0 radical (unpaired) electrons. The minimum Gasteiger partial charge on any atom is -0.496 e. The van der Waals surface area contributed by atoms with E-state index in [0.29, 0.717) is 30.3 Å². The summed E-state index contributed by atoms with van der Waals surface area (Å²) < 4.78 is 10.9. The molecule has 3 aliphatic rings. The van der Waals surface area contributed by atoms with Crippen molar-refractivity contribution in [3.05, 3.63) is 29.3 Å². The molecule has 30 heavy (non-hydrogen) atoms. The molecule has 2 saturated heterocycles. The number of aliphatic carboxylic acids is 1. The van der Waals surface area contributed by atoms with Crippen molar-refractivity contribution in [2.45, 2.75) is 38.6 Å². The number of carbonyl (C=O) groups is 2. The summed E-state index contributed by atoms with van der Waals surface area (Å²) in [6.45, 7) is 6.12. The van der Waals surface area contributed by atoms with Crippen LogP contribution in [0.25, 0.3) is 0 Å². The van der Waals surface area contributed by atoms with E-state index in [-0.39, 0.29) is 18.4 Å². The molecule has 1 aromatic carbocycles. The number of ether oxygens (including phenoxy) is 2. The fourth-order valence-electron chi connectivity index (χ4n) is 5.67. The molecule has 7 nitrogen and oxygen atoms in total. The van der Waals surface area contributed by atoms with Crippen molar-refractivity contribution in [3.63, 3.8) is 0 Å². The van der Waals surface area contributed by atoms with Crippen LogP contribution in [0, 0.1) is 18.3 Å². The van der Waals surface area contributed by atoms with Gasteiger partial charge in [-0.25, -0.2) is 0 Å². The fourth-order valence-corrected chi connectivity index (χ4v) is 5.67. The van der Waals surface area contributed by atoms with Crippen molar-refractivity contribution in [2.75, 3.05) is 46.5 Å². The van der Waals surface area contributed by atoms with Crippen LogP contribution in [0.2, 0.25) is 0 Å². The first-order valence-corrected chi connectivity index (χ1v) is 10.9. The van der Waals surface area contributed by atoms with Crippen molar-refractivity contribution >= 4 is 11.9 Å². The monoisotopic (exact) mass is 416 g/mol. The molecule has 1 aromatic rings. The summed E-state index contributed by atoms with van der Waals surface area (Å²) in [5.41, 5.74) is 0.537. The Kier molecular flexibility index (Phi) is 6.02. The summed E-state index contributed by atoms with van der Waals surface area (Å²) in [7, 11) is 1.56. The largest absolute Gasteiger partial charge is 0.496 e. The molecule has 0 bridgehead atoms. The van der Waals surface area contributed by atoms with Crippen molar-refractivity contribution < 1.29 is 24.2 Å². The molecule has 1 amide bonds. The van der Waals surface area contributed by atoms with Gasteiger partial charge < -0.3 is 19.5 Å². The third-order valence-electron chi connectivity index (χ3n) is 7.43. The van der Waals surface area contributed by atoms with Gasteiger partial charge in [0.2, 0.25) is 0 Å². The van der Waals surface area contributed by atoms with E-state index in [0.717, 1.165) is 51.1 Å². The Labute approximate surface area is 177 Å². The van der Waals surface area contributed by atoms with E-state index < -0.39 is 11.4 Å². The number of amides is 1. The summed E-state index contributed by atoms with van der Waals surface area (Å²) in [6.07, 6.45) is 3.09. The molecule has 3 fully saturated rings. The number of carboxylic acids is 1. The van der Waals surface area contributed by atoms with Gasteiger partial charge in [0.05, 0.1) is 31.3 Å². The topological polar surface area (TPSA) is 79.3 Å². The average molecular weight is 417 g/mol. The normalized spacial score (nSPS) is 29.9. The van der Waals surface area contributed by atoms with Crippen molar-refractivity contribution in [1.29, 1.82) is 0 Å². The lowest BCUT2D eigenvalue weighted by Crippen LogP contribution is -2.59. The SMILES string of the molecule is COc1cccc(C)c1C(=O)N1CC[C@@H]2C[C@H](N3CCOCC3)CC[C@@]2(C(=O)O)C1. The Morgan fingerprint density at radius 1 is 1.20 bits per heavy atom. The van der Waals surface area contributed by atoms with Crippen LogP contribution in [0.5, 0.6) is 5.75 Å². The predicted molar refractivity (Wildman–Crippen MR) is 112 cm³/mol. The Hall–Kier alpha value is -2.12. The van der Waals surface area contributed by atoms with Crippen LogP contribution in [-0.4, -0.2) is 79.3 Å². The number of methoxy groups -OCH3 is 1. The Morgan fingerprint density at radius 2 is 1.97 bits per heavy atom. The highest BCUT2D eigenvalue weighted by molar-refractivity contribution is 5.98. The molecular weight excluding hydrogens is 384 g/mol. The van der Waals surface area contributed by atoms with E-state index in [9.17, 15) is 14.7 Å². The number of likely N-dealkylation sites (tertiary alicyclic amines) is 1. The first kappa shape index (κ1) is 21.1. The minimum atomic E-state index is -0.855. The lowest BCUT2D eigenvalue weighted by molar-refractivity contribution is -0.162. The number of benzene rings is 1. The van der Waals surface area contributed by atoms with Crippen LogP contribution < -0.4 is 4.74 Å². The van der Waals surface area contributed by atoms with E-state index in [2.05, 4.69) is 4.90 Å². The summed E-state index contributed by atoms with van der Waals surface area (Å²) >= 11 is 0. The highest BCUT2D eigenvalue weighted by Gasteiger charge is 2.53. The quantitative estimate of drug-likeness (QED) is 0.812. The van der Waals surface area contributed by atoms with Crippen LogP contribution >= 0.6 is 0 Å². The lowest BCUT2D eigenvalue weighted by Gasteiger charge is -2.52. The predicted octanol–water partition coefficient (Wildman–Crippen LogP) is 2.42. The number of rotatable bonds is 4. The summed E-state index contributed by atoms with van der Waals surface area (Å²) in [5.74, 6) is -0.247. The Bertz CT molecular complexity index is 807. The maximum Gasteiger partial charge on any atom is 0.311 e. The van der Waals surface area contributed by atoms with Crippen LogP contribution in [0.1, 0.15) is 41.6 Å². The number of nitrogens with zero attached hydrogens (tertiary/aromatic N) is 2. The molecule has 3 atom stereocenters. The van der Waals surface area contributed by atoms with Gasteiger partial charge in [-0.3, -0.25) is 14.5 Å². The van der Waals surface area contributed by atoms with Crippen LogP contribution in [-0.2, 0) is 9.53 Å². The average Bonchev–Trinajstić information content (AvgIpc) is 2.78. The van der Waals surface area contributed by atoms with E-state index >= 15 is 0 Å². The number of carboxylic acid groups (broad SMARTS) is 1. The zero-order valence-corrected chi connectivity index (χ0v) is 17.9. The maximum absolute atomic E-state index is 13.4. The number of piperidine rings is 1. The van der Waals surface area contributed by atoms with Crippen molar-refractivity contribution in [1.82, 2.24) is 9.80 Å². The molecule has 1 N–H and O–H groups in total.